The Morgan fingerprint density at radius 1 is 1.15 bits per heavy atom. The number of rotatable bonds is 6. The molecule has 3 rings (SSSR count). The fourth-order valence-electron chi connectivity index (χ4n) is 3.24. The van der Waals surface area contributed by atoms with Gasteiger partial charge in [-0.1, -0.05) is 19.1 Å². The number of piperidine rings is 1. The molecule has 5 heteroatoms. The molecule has 0 aliphatic carbocycles. The number of anilines is 2. The van der Waals surface area contributed by atoms with Gasteiger partial charge < -0.3 is 20.3 Å². The molecule has 1 heterocycles. The monoisotopic (exact) mass is 367 g/mol. The first-order chi connectivity index (χ1) is 13.1. The Labute approximate surface area is 161 Å². The predicted molar refractivity (Wildman–Crippen MR) is 111 cm³/mol. The molecule has 1 saturated heterocycles. The number of urea groups is 1. The first-order valence-electron chi connectivity index (χ1n) is 9.69. The SMILES string of the molecule is Cc1cccc(OCCNC(=O)Nc2ccc(N3CCC(C)CC3)cc2)c1. The summed E-state index contributed by atoms with van der Waals surface area (Å²) in [5, 5.41) is 5.68. The molecule has 0 unspecified atom stereocenters. The van der Waals surface area contributed by atoms with Gasteiger partial charge >= 0.3 is 6.03 Å². The Hall–Kier alpha value is -2.69. The number of nitrogens with zero attached hydrogens (tertiary/aromatic N) is 1. The van der Waals surface area contributed by atoms with E-state index in [9.17, 15) is 4.79 Å². The lowest BCUT2D eigenvalue weighted by Gasteiger charge is -2.32. The van der Waals surface area contributed by atoms with E-state index in [-0.39, 0.29) is 6.03 Å². The van der Waals surface area contributed by atoms with Gasteiger partial charge in [0.25, 0.3) is 0 Å². The average Bonchev–Trinajstić information content (AvgIpc) is 2.67. The molecule has 0 bridgehead atoms. The summed E-state index contributed by atoms with van der Waals surface area (Å²) in [6, 6.07) is 15.7. The molecule has 5 nitrogen and oxygen atoms in total. The summed E-state index contributed by atoms with van der Waals surface area (Å²) in [5.41, 5.74) is 3.17. The molecule has 27 heavy (non-hydrogen) atoms. The van der Waals surface area contributed by atoms with Gasteiger partial charge in [-0.05, 0) is 67.6 Å². The van der Waals surface area contributed by atoms with Gasteiger partial charge in [0.05, 0.1) is 6.54 Å². The number of hydrogen-bond donors (Lipinski definition) is 2. The number of hydrogen-bond acceptors (Lipinski definition) is 3. The molecule has 0 radical (unpaired) electrons. The van der Waals surface area contributed by atoms with Crippen LogP contribution in [0.2, 0.25) is 0 Å². The zero-order valence-corrected chi connectivity index (χ0v) is 16.2. The maximum atomic E-state index is 12.0. The first kappa shape index (κ1) is 19.1. The van der Waals surface area contributed by atoms with Crippen molar-refractivity contribution in [1.29, 1.82) is 0 Å². The number of benzene rings is 2. The van der Waals surface area contributed by atoms with Crippen LogP contribution in [0.25, 0.3) is 0 Å². The molecule has 0 aromatic heterocycles. The minimum absolute atomic E-state index is 0.220. The lowest BCUT2D eigenvalue weighted by Crippen LogP contribution is -2.33. The fraction of sp³-hybridized carbons (Fsp3) is 0.409. The molecule has 0 atom stereocenters. The standard InChI is InChI=1S/C22H29N3O2/c1-17-10-13-25(14-11-17)20-8-6-19(7-9-20)24-22(26)23-12-15-27-21-5-3-4-18(2)16-21/h3-9,16-17H,10-15H2,1-2H3,(H2,23,24,26). The van der Waals surface area contributed by atoms with Crippen LogP contribution in [-0.4, -0.2) is 32.3 Å². The molecule has 2 amide bonds. The summed E-state index contributed by atoms with van der Waals surface area (Å²) >= 11 is 0. The van der Waals surface area contributed by atoms with Crippen LogP contribution >= 0.6 is 0 Å². The molecule has 1 fully saturated rings. The second kappa shape index (κ2) is 9.31. The van der Waals surface area contributed by atoms with Crippen molar-refractivity contribution in [2.45, 2.75) is 26.7 Å². The van der Waals surface area contributed by atoms with E-state index in [1.165, 1.54) is 18.5 Å². The molecule has 2 N–H and O–H groups in total. The van der Waals surface area contributed by atoms with Crippen LogP contribution in [0.15, 0.2) is 48.5 Å². The summed E-state index contributed by atoms with van der Waals surface area (Å²) in [6.07, 6.45) is 2.49. The van der Waals surface area contributed by atoms with Crippen molar-refractivity contribution < 1.29 is 9.53 Å². The van der Waals surface area contributed by atoms with E-state index in [2.05, 4.69) is 34.6 Å². The van der Waals surface area contributed by atoms with Crippen LogP contribution < -0.4 is 20.3 Å². The molecule has 0 saturated carbocycles. The molecule has 1 aliphatic heterocycles. The van der Waals surface area contributed by atoms with E-state index < -0.39 is 0 Å². The fourth-order valence-corrected chi connectivity index (χ4v) is 3.24. The largest absolute Gasteiger partial charge is 0.492 e. The number of carbonyl (C=O) groups excluding carboxylic acids is 1. The zero-order chi connectivity index (χ0) is 19.1. The summed E-state index contributed by atoms with van der Waals surface area (Å²) < 4.78 is 5.63. The van der Waals surface area contributed by atoms with Crippen molar-refractivity contribution in [3.05, 3.63) is 54.1 Å². The predicted octanol–water partition coefficient (Wildman–Crippen LogP) is 4.43. The summed E-state index contributed by atoms with van der Waals surface area (Å²) in [6.45, 7) is 7.43. The number of amides is 2. The second-order valence-electron chi connectivity index (χ2n) is 7.26. The van der Waals surface area contributed by atoms with Crippen molar-refractivity contribution in [3.8, 4) is 5.75 Å². The van der Waals surface area contributed by atoms with Crippen molar-refractivity contribution >= 4 is 17.4 Å². The molecule has 2 aromatic rings. The van der Waals surface area contributed by atoms with Crippen molar-refractivity contribution in [2.75, 3.05) is 36.5 Å². The Morgan fingerprint density at radius 2 is 1.89 bits per heavy atom. The second-order valence-corrected chi connectivity index (χ2v) is 7.26. The lowest BCUT2D eigenvalue weighted by molar-refractivity contribution is 0.247. The Bertz CT molecular complexity index is 737. The van der Waals surface area contributed by atoms with Crippen LogP contribution in [0.5, 0.6) is 5.75 Å². The van der Waals surface area contributed by atoms with Gasteiger partial charge in [0.2, 0.25) is 0 Å². The van der Waals surface area contributed by atoms with Crippen LogP contribution in [0, 0.1) is 12.8 Å². The third kappa shape index (κ3) is 5.91. The zero-order valence-electron chi connectivity index (χ0n) is 16.2. The normalized spacial score (nSPS) is 14.7. The maximum Gasteiger partial charge on any atom is 0.319 e. The number of carbonyl (C=O) groups is 1. The van der Waals surface area contributed by atoms with Gasteiger partial charge in [-0.2, -0.15) is 0 Å². The van der Waals surface area contributed by atoms with Crippen LogP contribution in [0.4, 0.5) is 16.2 Å². The molecule has 2 aromatic carbocycles. The number of aryl methyl sites for hydroxylation is 1. The minimum Gasteiger partial charge on any atom is -0.492 e. The van der Waals surface area contributed by atoms with Gasteiger partial charge in [0.15, 0.2) is 0 Å². The van der Waals surface area contributed by atoms with Gasteiger partial charge in [0, 0.05) is 24.5 Å². The third-order valence-corrected chi connectivity index (χ3v) is 4.92. The van der Waals surface area contributed by atoms with Crippen molar-refractivity contribution in [3.63, 3.8) is 0 Å². The lowest BCUT2D eigenvalue weighted by atomic mass is 9.99. The molecular formula is C22H29N3O2. The average molecular weight is 367 g/mol. The third-order valence-electron chi connectivity index (χ3n) is 4.92. The highest BCUT2D eigenvalue weighted by molar-refractivity contribution is 5.89. The van der Waals surface area contributed by atoms with Crippen LogP contribution in [0.1, 0.15) is 25.3 Å². The summed E-state index contributed by atoms with van der Waals surface area (Å²) in [4.78, 5) is 14.4. The van der Waals surface area contributed by atoms with E-state index in [1.54, 1.807) is 0 Å². The van der Waals surface area contributed by atoms with Crippen molar-refractivity contribution in [2.24, 2.45) is 5.92 Å². The van der Waals surface area contributed by atoms with Crippen LogP contribution in [-0.2, 0) is 0 Å². The maximum absolute atomic E-state index is 12.0. The van der Waals surface area contributed by atoms with Crippen LogP contribution in [0.3, 0.4) is 0 Å². The number of nitrogens with one attached hydrogen (secondary N) is 2. The first-order valence-corrected chi connectivity index (χ1v) is 9.69. The molecular weight excluding hydrogens is 338 g/mol. The van der Waals surface area contributed by atoms with E-state index in [1.807, 2.05) is 43.3 Å². The molecule has 144 valence electrons. The van der Waals surface area contributed by atoms with Gasteiger partial charge in [0.1, 0.15) is 12.4 Å². The van der Waals surface area contributed by atoms with E-state index in [0.29, 0.717) is 13.2 Å². The number of ether oxygens (including phenoxy) is 1. The van der Waals surface area contributed by atoms with E-state index >= 15 is 0 Å². The highest BCUT2D eigenvalue weighted by Crippen LogP contribution is 2.24. The summed E-state index contributed by atoms with van der Waals surface area (Å²) in [5.74, 6) is 1.64. The molecule has 0 spiro atoms. The van der Waals surface area contributed by atoms with E-state index in [4.69, 9.17) is 4.74 Å². The summed E-state index contributed by atoms with van der Waals surface area (Å²) in [7, 11) is 0. The minimum atomic E-state index is -0.220. The van der Waals surface area contributed by atoms with Crippen molar-refractivity contribution in [1.82, 2.24) is 5.32 Å². The van der Waals surface area contributed by atoms with Gasteiger partial charge in [-0.15, -0.1) is 0 Å². The van der Waals surface area contributed by atoms with Gasteiger partial charge in [-0.25, -0.2) is 4.79 Å². The van der Waals surface area contributed by atoms with Gasteiger partial charge in [-0.3, -0.25) is 0 Å². The quantitative estimate of drug-likeness (QED) is 0.743. The van der Waals surface area contributed by atoms with E-state index in [0.717, 1.165) is 36.0 Å². The Kier molecular flexibility index (Phi) is 6.58. The Balaban J connectivity index is 1.39. The Morgan fingerprint density at radius 3 is 2.59 bits per heavy atom. The molecule has 1 aliphatic rings. The highest BCUT2D eigenvalue weighted by Gasteiger charge is 2.15. The topological polar surface area (TPSA) is 53.6 Å². The smallest absolute Gasteiger partial charge is 0.319 e. The highest BCUT2D eigenvalue weighted by atomic mass is 16.5.